The van der Waals surface area contributed by atoms with E-state index in [0.717, 1.165) is 17.0 Å². The standard InChI is InChI=1S/C26H28ClF3N3O8PS/c1-13(2)39-23(36)14(3)32-42(43,41-17-9-8-15-6-4-5-7-16(15)10-17)38-12-26(24(29)30)20(28)19(34)22(40-26)33-11-18(27)21(35)31-25(33)37/h4-11,13-14,19-20,22,24,34H,12H2,1-3H3,(H,32,43)(H,31,35,37). The molecule has 1 aromatic heterocycles. The van der Waals surface area contributed by atoms with Crippen LogP contribution in [-0.2, 0) is 30.6 Å². The lowest BCUT2D eigenvalue weighted by molar-refractivity contribution is -0.182. The van der Waals surface area contributed by atoms with Gasteiger partial charge in [-0.2, -0.15) is 0 Å². The third-order valence-corrected chi connectivity index (χ3v) is 9.18. The minimum atomic E-state index is -3.99. The van der Waals surface area contributed by atoms with Gasteiger partial charge in [0.2, 0.25) is 0 Å². The first kappa shape index (κ1) is 33.1. The highest BCUT2D eigenvalue weighted by Crippen LogP contribution is 2.50. The largest absolute Gasteiger partial charge is 0.462 e. The molecule has 6 unspecified atom stereocenters. The average molecular weight is 666 g/mol. The Morgan fingerprint density at radius 1 is 1.23 bits per heavy atom. The summed E-state index contributed by atoms with van der Waals surface area (Å²) in [6.45, 7) is -0.638. The normalized spacial score (nSPS) is 24.3. The van der Waals surface area contributed by atoms with Gasteiger partial charge < -0.3 is 23.6 Å². The third-order valence-electron chi connectivity index (χ3n) is 6.43. The molecule has 234 valence electrons. The molecule has 2 heterocycles. The van der Waals surface area contributed by atoms with Gasteiger partial charge in [-0.3, -0.25) is 19.1 Å². The summed E-state index contributed by atoms with van der Waals surface area (Å²) in [5.74, 6) is -0.592. The quantitative estimate of drug-likeness (QED) is 0.205. The second-order valence-corrected chi connectivity index (χ2v) is 13.6. The number of benzene rings is 2. The van der Waals surface area contributed by atoms with Crippen molar-refractivity contribution in [2.24, 2.45) is 0 Å². The molecule has 17 heteroatoms. The number of aliphatic hydroxyl groups is 1. The van der Waals surface area contributed by atoms with Crippen molar-refractivity contribution in [3.8, 4) is 5.75 Å². The Balaban J connectivity index is 1.66. The molecule has 1 aliphatic heterocycles. The number of carbonyl (C=O) groups is 1. The van der Waals surface area contributed by atoms with E-state index < -0.39 is 78.2 Å². The highest BCUT2D eigenvalue weighted by atomic mass is 35.5. The van der Waals surface area contributed by atoms with Gasteiger partial charge in [-0.1, -0.05) is 41.9 Å². The molecule has 6 atom stereocenters. The van der Waals surface area contributed by atoms with Crippen molar-refractivity contribution in [1.82, 2.24) is 14.6 Å². The van der Waals surface area contributed by atoms with Crippen molar-refractivity contribution in [3.63, 3.8) is 0 Å². The van der Waals surface area contributed by atoms with E-state index >= 15 is 4.39 Å². The van der Waals surface area contributed by atoms with Crippen LogP contribution in [0.3, 0.4) is 0 Å². The maximum atomic E-state index is 15.5. The predicted octanol–water partition coefficient (Wildman–Crippen LogP) is 3.82. The van der Waals surface area contributed by atoms with Gasteiger partial charge >= 0.3 is 18.3 Å². The fraction of sp³-hybridized carbons (Fsp3) is 0.423. The van der Waals surface area contributed by atoms with Gasteiger partial charge in [0.1, 0.15) is 22.9 Å². The van der Waals surface area contributed by atoms with Crippen molar-refractivity contribution < 1.29 is 41.6 Å². The fourth-order valence-corrected chi connectivity index (χ4v) is 6.84. The second kappa shape index (κ2) is 13.1. The number of aromatic nitrogens is 2. The number of aliphatic hydroxyl groups excluding tert-OH is 1. The van der Waals surface area contributed by atoms with Gasteiger partial charge in [0, 0.05) is 6.20 Å². The zero-order valence-electron chi connectivity index (χ0n) is 22.9. The van der Waals surface area contributed by atoms with Crippen LogP contribution in [-0.4, -0.2) is 63.7 Å². The van der Waals surface area contributed by atoms with Crippen molar-refractivity contribution in [2.45, 2.75) is 63.4 Å². The maximum absolute atomic E-state index is 15.5. The summed E-state index contributed by atoms with van der Waals surface area (Å²) in [6.07, 6.45) is -10.5. The monoisotopic (exact) mass is 665 g/mol. The Hall–Kier alpha value is -2.78. The molecular formula is C26H28ClF3N3O8PS. The number of alkyl halides is 3. The molecule has 0 aliphatic carbocycles. The van der Waals surface area contributed by atoms with Crippen LogP contribution in [0.2, 0.25) is 5.02 Å². The van der Waals surface area contributed by atoms with Gasteiger partial charge in [0.15, 0.2) is 18.0 Å². The van der Waals surface area contributed by atoms with Gasteiger partial charge in [-0.15, -0.1) is 0 Å². The molecule has 0 bridgehead atoms. The molecule has 0 saturated carbocycles. The summed E-state index contributed by atoms with van der Waals surface area (Å²) in [6, 6.07) is 11.0. The third kappa shape index (κ3) is 7.14. The summed E-state index contributed by atoms with van der Waals surface area (Å²) >= 11 is 11.3. The van der Waals surface area contributed by atoms with E-state index in [9.17, 15) is 28.3 Å². The predicted molar refractivity (Wildman–Crippen MR) is 155 cm³/mol. The summed E-state index contributed by atoms with van der Waals surface area (Å²) in [5.41, 5.74) is -5.34. The number of nitrogens with one attached hydrogen (secondary N) is 2. The number of rotatable bonds is 11. The van der Waals surface area contributed by atoms with E-state index in [1.807, 2.05) is 17.1 Å². The Kier molecular flexibility index (Phi) is 10.1. The van der Waals surface area contributed by atoms with Crippen LogP contribution in [0.15, 0.2) is 58.3 Å². The first-order chi connectivity index (χ1) is 20.2. The number of H-pyrrole nitrogens is 1. The van der Waals surface area contributed by atoms with Gasteiger partial charge in [0.05, 0.1) is 12.7 Å². The summed E-state index contributed by atoms with van der Waals surface area (Å²) in [4.78, 5) is 38.3. The fourth-order valence-electron chi connectivity index (χ4n) is 4.28. The molecule has 0 spiro atoms. The summed E-state index contributed by atoms with van der Waals surface area (Å²) in [7, 11) is 0. The number of ether oxygens (including phenoxy) is 2. The van der Waals surface area contributed by atoms with E-state index in [1.165, 1.54) is 6.92 Å². The highest BCUT2D eigenvalue weighted by molar-refractivity contribution is 8.09. The van der Waals surface area contributed by atoms with Crippen molar-refractivity contribution in [3.05, 3.63) is 74.5 Å². The van der Waals surface area contributed by atoms with E-state index in [0.29, 0.717) is 4.57 Å². The average Bonchev–Trinajstić information content (AvgIpc) is 3.19. The van der Waals surface area contributed by atoms with Crippen LogP contribution >= 0.6 is 18.2 Å². The lowest BCUT2D eigenvalue weighted by Crippen LogP contribution is -2.51. The molecular weight excluding hydrogens is 638 g/mol. The lowest BCUT2D eigenvalue weighted by Gasteiger charge is -2.33. The molecule has 0 radical (unpaired) electrons. The van der Waals surface area contributed by atoms with E-state index in [1.54, 1.807) is 44.2 Å². The van der Waals surface area contributed by atoms with Crippen LogP contribution in [0, 0.1) is 0 Å². The zero-order valence-corrected chi connectivity index (χ0v) is 25.4. The summed E-state index contributed by atoms with van der Waals surface area (Å²) < 4.78 is 67.2. The molecule has 2 aromatic carbocycles. The number of nitrogens with zero attached hydrogens (tertiary/aromatic N) is 1. The number of carbonyl (C=O) groups excluding carboxylic acids is 1. The van der Waals surface area contributed by atoms with E-state index in [-0.39, 0.29) is 5.75 Å². The lowest BCUT2D eigenvalue weighted by atomic mass is 9.98. The minimum Gasteiger partial charge on any atom is -0.462 e. The molecule has 1 saturated heterocycles. The van der Waals surface area contributed by atoms with Crippen LogP contribution in [0.5, 0.6) is 5.75 Å². The number of fused-ring (bicyclic) bond motifs is 1. The zero-order chi connectivity index (χ0) is 31.7. The molecule has 1 aliphatic rings. The van der Waals surface area contributed by atoms with Crippen LogP contribution < -0.4 is 20.9 Å². The van der Waals surface area contributed by atoms with Crippen molar-refractivity contribution >= 4 is 46.8 Å². The van der Waals surface area contributed by atoms with Crippen LogP contribution in [0.1, 0.15) is 27.0 Å². The molecule has 43 heavy (non-hydrogen) atoms. The molecule has 11 nitrogen and oxygen atoms in total. The van der Waals surface area contributed by atoms with Gasteiger partial charge in [0.25, 0.3) is 12.0 Å². The number of halogens is 4. The molecule has 3 N–H and O–H groups in total. The number of hydrogen-bond donors (Lipinski definition) is 3. The topological polar surface area (TPSA) is 141 Å². The van der Waals surface area contributed by atoms with E-state index in [2.05, 4.69) is 5.09 Å². The first-order valence-corrected chi connectivity index (χ1v) is 15.9. The second-order valence-electron chi connectivity index (χ2n) is 10.0. The number of hydrogen-bond acceptors (Lipinski definition) is 9. The van der Waals surface area contributed by atoms with Crippen LogP contribution in [0.25, 0.3) is 10.8 Å². The number of aromatic amines is 1. The SMILES string of the molecule is CC(C)OC(=O)C(C)NP(=S)(OCC1(C(F)F)OC(n2cc(Cl)c(=O)[nH]c2=O)C(O)C1F)Oc1ccc2ccccc2c1. The van der Waals surface area contributed by atoms with Gasteiger partial charge in [-0.25, -0.2) is 23.1 Å². The Morgan fingerprint density at radius 2 is 1.91 bits per heavy atom. The number of esters is 1. The molecule has 3 aromatic rings. The van der Waals surface area contributed by atoms with Crippen molar-refractivity contribution in [1.29, 1.82) is 0 Å². The van der Waals surface area contributed by atoms with Gasteiger partial charge in [-0.05, 0) is 55.5 Å². The van der Waals surface area contributed by atoms with Crippen LogP contribution in [0.4, 0.5) is 13.2 Å². The smallest absolute Gasteiger partial charge is 0.330 e. The minimum absolute atomic E-state index is 0.154. The Morgan fingerprint density at radius 3 is 2.56 bits per heavy atom. The molecule has 0 amide bonds. The summed E-state index contributed by atoms with van der Waals surface area (Å²) in [5, 5.41) is 14.3. The Labute approximate surface area is 253 Å². The first-order valence-electron chi connectivity index (χ1n) is 12.9. The maximum Gasteiger partial charge on any atom is 0.330 e. The Bertz CT molecular complexity index is 1660. The highest BCUT2D eigenvalue weighted by Gasteiger charge is 2.62. The van der Waals surface area contributed by atoms with Crippen molar-refractivity contribution in [2.75, 3.05) is 6.61 Å². The molecule has 4 rings (SSSR count). The molecule has 1 fully saturated rings. The van der Waals surface area contributed by atoms with E-state index in [4.69, 9.17) is 41.9 Å².